The van der Waals surface area contributed by atoms with Crippen LogP contribution in [0.4, 0.5) is 17.7 Å². The third-order valence-corrected chi connectivity index (χ3v) is 5.13. The lowest BCUT2D eigenvalue weighted by Crippen LogP contribution is -2.45. The minimum atomic E-state index is -0.107. The molecule has 9 nitrogen and oxygen atoms in total. The number of anilines is 3. The lowest BCUT2D eigenvalue weighted by Gasteiger charge is -2.32. The summed E-state index contributed by atoms with van der Waals surface area (Å²) in [6.07, 6.45) is 4.30. The van der Waals surface area contributed by atoms with Crippen LogP contribution in [0.1, 0.15) is 49.8 Å². The highest BCUT2D eigenvalue weighted by atomic mass is 16.1. The first-order chi connectivity index (χ1) is 14.5. The van der Waals surface area contributed by atoms with Gasteiger partial charge in [-0.05, 0) is 32.5 Å². The van der Waals surface area contributed by atoms with Crippen LogP contribution >= 0.6 is 0 Å². The van der Waals surface area contributed by atoms with Gasteiger partial charge in [-0.25, -0.2) is 4.98 Å². The van der Waals surface area contributed by atoms with Crippen molar-refractivity contribution in [3.8, 4) is 0 Å². The number of pyridine rings is 1. The summed E-state index contributed by atoms with van der Waals surface area (Å²) in [6, 6.07) is 3.56. The Hall–Kier alpha value is -2.81. The molecular formula is C21H32N8O. The van der Waals surface area contributed by atoms with E-state index in [-0.39, 0.29) is 11.9 Å². The minimum absolute atomic E-state index is 0.107. The van der Waals surface area contributed by atoms with Crippen molar-refractivity contribution in [1.29, 1.82) is 0 Å². The van der Waals surface area contributed by atoms with E-state index >= 15 is 0 Å². The highest BCUT2D eigenvalue weighted by molar-refractivity contribution is 5.95. The Balaban J connectivity index is 1.75. The van der Waals surface area contributed by atoms with E-state index < -0.39 is 0 Å². The number of piperazine rings is 1. The highest BCUT2D eigenvalue weighted by Crippen LogP contribution is 2.17. The molecule has 2 aromatic rings. The maximum Gasteiger partial charge on any atom is 0.251 e. The second-order valence-corrected chi connectivity index (χ2v) is 7.74. The van der Waals surface area contributed by atoms with Crippen LogP contribution in [-0.2, 0) is 6.42 Å². The van der Waals surface area contributed by atoms with E-state index in [1.54, 1.807) is 18.3 Å². The van der Waals surface area contributed by atoms with Crippen LogP contribution < -0.4 is 15.5 Å². The Morgan fingerprint density at radius 3 is 2.63 bits per heavy atom. The summed E-state index contributed by atoms with van der Waals surface area (Å²) >= 11 is 0. The summed E-state index contributed by atoms with van der Waals surface area (Å²) in [5.41, 5.74) is 0.555. The van der Waals surface area contributed by atoms with Crippen LogP contribution in [0.5, 0.6) is 0 Å². The van der Waals surface area contributed by atoms with Crippen molar-refractivity contribution in [2.24, 2.45) is 0 Å². The number of amides is 1. The lowest BCUT2D eigenvalue weighted by molar-refractivity contribution is 0.0938. The molecule has 2 N–H and O–H groups in total. The van der Waals surface area contributed by atoms with Crippen LogP contribution in [0, 0.1) is 0 Å². The van der Waals surface area contributed by atoms with Gasteiger partial charge in [0.05, 0.1) is 0 Å². The molecule has 0 saturated carbocycles. The van der Waals surface area contributed by atoms with Gasteiger partial charge in [-0.2, -0.15) is 15.0 Å². The Morgan fingerprint density at radius 2 is 1.93 bits per heavy atom. The van der Waals surface area contributed by atoms with E-state index in [9.17, 15) is 4.79 Å². The minimum Gasteiger partial charge on any atom is -0.350 e. The van der Waals surface area contributed by atoms with Crippen LogP contribution in [-0.4, -0.2) is 70.0 Å². The van der Waals surface area contributed by atoms with Gasteiger partial charge in [-0.1, -0.05) is 20.3 Å². The molecule has 1 amide bonds. The van der Waals surface area contributed by atoms with E-state index in [4.69, 9.17) is 0 Å². The SMILES string of the molecule is CCCC(C)NC(=O)c1ccnc(Nc2nc(CC)nc(N3CCN(C)CC3)n2)c1. The molecule has 3 rings (SSSR count). The van der Waals surface area contributed by atoms with E-state index in [2.05, 4.69) is 54.3 Å². The number of hydrogen-bond acceptors (Lipinski definition) is 8. The predicted octanol–water partition coefficient (Wildman–Crippen LogP) is 2.24. The van der Waals surface area contributed by atoms with Gasteiger partial charge in [-0.15, -0.1) is 0 Å². The Bertz CT molecular complexity index is 851. The smallest absolute Gasteiger partial charge is 0.251 e. The van der Waals surface area contributed by atoms with E-state index in [0.29, 0.717) is 29.7 Å². The third-order valence-electron chi connectivity index (χ3n) is 5.13. The van der Waals surface area contributed by atoms with Gasteiger partial charge >= 0.3 is 0 Å². The molecule has 1 aliphatic rings. The van der Waals surface area contributed by atoms with Crippen LogP contribution in [0.2, 0.25) is 0 Å². The molecule has 0 aromatic carbocycles. The molecule has 1 saturated heterocycles. The normalized spacial score (nSPS) is 15.7. The number of carbonyl (C=O) groups excluding carboxylic acids is 1. The number of carbonyl (C=O) groups is 1. The predicted molar refractivity (Wildman–Crippen MR) is 118 cm³/mol. The Morgan fingerprint density at radius 1 is 1.17 bits per heavy atom. The van der Waals surface area contributed by atoms with Gasteiger partial charge in [0.15, 0.2) is 0 Å². The summed E-state index contributed by atoms with van der Waals surface area (Å²) in [6.45, 7) is 9.86. The molecule has 3 heterocycles. The first-order valence-electron chi connectivity index (χ1n) is 10.7. The fourth-order valence-electron chi connectivity index (χ4n) is 3.34. The molecule has 1 atom stereocenters. The fraction of sp³-hybridized carbons (Fsp3) is 0.571. The van der Waals surface area contributed by atoms with Gasteiger partial charge in [0, 0.05) is 50.4 Å². The Kier molecular flexibility index (Phi) is 7.51. The number of aryl methyl sites for hydroxylation is 1. The summed E-state index contributed by atoms with van der Waals surface area (Å²) in [7, 11) is 2.12. The molecule has 1 aliphatic heterocycles. The van der Waals surface area contributed by atoms with Gasteiger partial charge in [-0.3, -0.25) is 4.79 Å². The summed E-state index contributed by atoms with van der Waals surface area (Å²) in [5, 5.41) is 6.17. The number of nitrogens with zero attached hydrogens (tertiary/aromatic N) is 6. The highest BCUT2D eigenvalue weighted by Gasteiger charge is 2.18. The standard InChI is InChI=1S/C21H32N8O/c1-5-7-15(3)23-19(30)16-8-9-22-18(14-16)25-20-24-17(6-2)26-21(27-20)29-12-10-28(4)11-13-29/h8-9,14-15H,5-7,10-13H2,1-4H3,(H,23,30)(H,22,24,25,26,27). The number of likely N-dealkylation sites (N-methyl/N-ethyl adjacent to an activating group) is 1. The van der Waals surface area contributed by atoms with Crippen LogP contribution in [0.15, 0.2) is 18.3 Å². The number of hydrogen-bond donors (Lipinski definition) is 2. The number of aromatic nitrogens is 4. The second-order valence-electron chi connectivity index (χ2n) is 7.74. The van der Waals surface area contributed by atoms with Crippen molar-refractivity contribution >= 4 is 23.6 Å². The first-order valence-corrected chi connectivity index (χ1v) is 10.7. The van der Waals surface area contributed by atoms with Crippen molar-refractivity contribution < 1.29 is 4.79 Å². The van der Waals surface area contributed by atoms with E-state index in [1.165, 1.54) is 0 Å². The van der Waals surface area contributed by atoms with Crippen molar-refractivity contribution in [3.05, 3.63) is 29.7 Å². The van der Waals surface area contributed by atoms with E-state index in [1.807, 2.05) is 13.8 Å². The number of nitrogens with one attached hydrogen (secondary N) is 2. The van der Waals surface area contributed by atoms with Gasteiger partial charge in [0.1, 0.15) is 11.6 Å². The van der Waals surface area contributed by atoms with Crippen LogP contribution in [0.25, 0.3) is 0 Å². The average molecular weight is 413 g/mol. The molecule has 0 aliphatic carbocycles. The first kappa shape index (κ1) is 21.9. The zero-order valence-electron chi connectivity index (χ0n) is 18.4. The molecule has 0 spiro atoms. The van der Waals surface area contributed by atoms with E-state index in [0.717, 1.165) is 44.8 Å². The molecule has 30 heavy (non-hydrogen) atoms. The van der Waals surface area contributed by atoms with Crippen molar-refractivity contribution in [2.75, 3.05) is 43.4 Å². The molecule has 1 unspecified atom stereocenters. The third kappa shape index (κ3) is 5.85. The Labute approximate surface area is 178 Å². The maximum atomic E-state index is 12.5. The molecule has 1 fully saturated rings. The van der Waals surface area contributed by atoms with Gasteiger partial charge < -0.3 is 20.4 Å². The van der Waals surface area contributed by atoms with Crippen molar-refractivity contribution in [1.82, 2.24) is 30.2 Å². The topological polar surface area (TPSA) is 99.2 Å². The maximum absolute atomic E-state index is 12.5. The van der Waals surface area contributed by atoms with Gasteiger partial charge in [0.25, 0.3) is 5.91 Å². The van der Waals surface area contributed by atoms with Crippen molar-refractivity contribution in [2.45, 2.75) is 46.1 Å². The summed E-state index contributed by atoms with van der Waals surface area (Å²) in [5.74, 6) is 2.27. The molecule has 2 aromatic heterocycles. The molecule has 0 bridgehead atoms. The molecule has 0 radical (unpaired) electrons. The second kappa shape index (κ2) is 10.3. The average Bonchev–Trinajstić information content (AvgIpc) is 2.74. The van der Waals surface area contributed by atoms with Crippen molar-refractivity contribution in [3.63, 3.8) is 0 Å². The summed E-state index contributed by atoms with van der Waals surface area (Å²) in [4.78, 5) is 35.0. The molecular weight excluding hydrogens is 380 g/mol. The van der Waals surface area contributed by atoms with Gasteiger partial charge in [0.2, 0.25) is 11.9 Å². The lowest BCUT2D eigenvalue weighted by atomic mass is 10.1. The summed E-state index contributed by atoms with van der Waals surface area (Å²) < 4.78 is 0. The zero-order valence-corrected chi connectivity index (χ0v) is 18.4. The largest absolute Gasteiger partial charge is 0.350 e. The van der Waals surface area contributed by atoms with Crippen LogP contribution in [0.3, 0.4) is 0 Å². The fourth-order valence-corrected chi connectivity index (χ4v) is 3.34. The monoisotopic (exact) mass is 412 g/mol. The molecule has 9 heteroatoms. The number of rotatable bonds is 8. The quantitative estimate of drug-likeness (QED) is 0.681. The zero-order chi connectivity index (χ0) is 21.5. The molecule has 162 valence electrons.